The van der Waals surface area contributed by atoms with E-state index in [1.54, 1.807) is 23.8 Å². The van der Waals surface area contributed by atoms with Gasteiger partial charge in [-0.2, -0.15) is 0 Å². The van der Waals surface area contributed by atoms with Crippen molar-refractivity contribution >= 4 is 40.1 Å². The average Bonchev–Trinajstić information content (AvgIpc) is 3.23. The van der Waals surface area contributed by atoms with Crippen LogP contribution in [0.2, 0.25) is 0 Å². The van der Waals surface area contributed by atoms with Gasteiger partial charge in [0.2, 0.25) is 5.91 Å². The van der Waals surface area contributed by atoms with E-state index in [4.69, 9.17) is 9.47 Å². The molecule has 0 bridgehead atoms. The van der Waals surface area contributed by atoms with E-state index in [0.717, 1.165) is 40.9 Å². The lowest BCUT2D eigenvalue weighted by Crippen LogP contribution is -2.29. The molecule has 1 aromatic heterocycles. The minimum absolute atomic E-state index is 0.0474. The Balaban J connectivity index is 1.55. The van der Waals surface area contributed by atoms with Crippen molar-refractivity contribution < 1.29 is 14.3 Å². The summed E-state index contributed by atoms with van der Waals surface area (Å²) in [5.74, 6) is 1.10. The van der Waals surface area contributed by atoms with Crippen LogP contribution in [0.15, 0.2) is 29.3 Å². The standard InChI is InChI=1S/C25H36N4O3S/c1-15-26-20(14-33-15)22-24(32-22)28-23-18(8-7-11-31-6)17-10-9-16(12-19(17)27-23)29(5)21(30)13-25(2,3)4/h9-10,12,14-15,22,24,26-28H,7-8,11,13H2,1-6H3. The Labute approximate surface area is 200 Å². The minimum Gasteiger partial charge on any atom is -0.385 e. The van der Waals surface area contributed by atoms with Crippen molar-refractivity contribution in [2.45, 2.75) is 64.7 Å². The van der Waals surface area contributed by atoms with Crippen LogP contribution < -0.4 is 15.5 Å². The van der Waals surface area contributed by atoms with Crippen molar-refractivity contribution in [1.29, 1.82) is 0 Å². The number of rotatable bonds is 9. The molecule has 1 fully saturated rings. The zero-order valence-electron chi connectivity index (χ0n) is 20.5. The fourth-order valence-corrected chi connectivity index (χ4v) is 4.93. The number of amides is 1. The highest BCUT2D eigenvalue weighted by Gasteiger charge is 2.44. The van der Waals surface area contributed by atoms with Gasteiger partial charge in [-0.15, -0.1) is 11.8 Å². The lowest BCUT2D eigenvalue weighted by Gasteiger charge is -2.23. The van der Waals surface area contributed by atoms with Gasteiger partial charge in [0.1, 0.15) is 11.9 Å². The van der Waals surface area contributed by atoms with E-state index < -0.39 is 0 Å². The van der Waals surface area contributed by atoms with E-state index >= 15 is 0 Å². The van der Waals surface area contributed by atoms with Crippen LogP contribution >= 0.6 is 11.8 Å². The van der Waals surface area contributed by atoms with E-state index in [9.17, 15) is 4.79 Å². The number of nitrogens with zero attached hydrogens (tertiary/aromatic N) is 1. The number of aromatic amines is 1. The van der Waals surface area contributed by atoms with Crippen LogP contribution in [0, 0.1) is 5.41 Å². The third kappa shape index (κ3) is 5.67. The highest BCUT2D eigenvalue weighted by Crippen LogP contribution is 2.37. The van der Waals surface area contributed by atoms with Gasteiger partial charge >= 0.3 is 0 Å². The second-order valence-electron chi connectivity index (χ2n) is 10.1. The van der Waals surface area contributed by atoms with E-state index in [1.807, 2.05) is 13.1 Å². The zero-order chi connectivity index (χ0) is 23.8. The molecule has 4 rings (SSSR count). The first-order chi connectivity index (χ1) is 15.7. The Morgan fingerprint density at radius 3 is 2.79 bits per heavy atom. The molecule has 2 aliphatic rings. The molecular weight excluding hydrogens is 436 g/mol. The summed E-state index contributed by atoms with van der Waals surface area (Å²) in [6.07, 6.45) is 2.32. The van der Waals surface area contributed by atoms with Crippen molar-refractivity contribution in [3.8, 4) is 0 Å². The number of carbonyl (C=O) groups excluding carboxylic acids is 1. The highest BCUT2D eigenvalue weighted by atomic mass is 32.2. The molecular formula is C25H36N4O3S. The van der Waals surface area contributed by atoms with Gasteiger partial charge in [0, 0.05) is 49.3 Å². The van der Waals surface area contributed by atoms with Crippen LogP contribution in [0.3, 0.4) is 0 Å². The summed E-state index contributed by atoms with van der Waals surface area (Å²) in [7, 11) is 3.58. The molecule has 3 unspecified atom stereocenters. The number of methoxy groups -OCH3 is 1. The predicted molar refractivity (Wildman–Crippen MR) is 137 cm³/mol. The molecule has 1 saturated heterocycles. The first-order valence-electron chi connectivity index (χ1n) is 11.6. The van der Waals surface area contributed by atoms with Crippen LogP contribution in [-0.4, -0.2) is 49.4 Å². The van der Waals surface area contributed by atoms with E-state index in [-0.39, 0.29) is 23.7 Å². The quantitative estimate of drug-likeness (QED) is 0.359. The molecule has 180 valence electrons. The van der Waals surface area contributed by atoms with Gasteiger partial charge in [-0.3, -0.25) is 4.79 Å². The molecule has 0 saturated carbocycles. The number of aromatic nitrogens is 1. The SMILES string of the molecule is COCCCc1c(NC2OC2C2=CSC(C)N2)[nH]c2cc(N(C)C(=O)CC(C)(C)C)ccc12. The molecule has 8 heteroatoms. The number of aryl methyl sites for hydroxylation is 1. The largest absolute Gasteiger partial charge is 0.385 e. The van der Waals surface area contributed by atoms with Crippen molar-refractivity contribution in [3.63, 3.8) is 0 Å². The lowest BCUT2D eigenvalue weighted by molar-refractivity contribution is -0.120. The van der Waals surface area contributed by atoms with Gasteiger partial charge in [-0.25, -0.2) is 0 Å². The minimum atomic E-state index is -0.0561. The number of fused-ring (bicyclic) bond motifs is 1. The van der Waals surface area contributed by atoms with Crippen molar-refractivity contribution in [1.82, 2.24) is 10.3 Å². The number of benzene rings is 1. The Morgan fingerprint density at radius 1 is 1.33 bits per heavy atom. The van der Waals surface area contributed by atoms with Gasteiger partial charge in [0.15, 0.2) is 6.23 Å². The maximum atomic E-state index is 12.7. The van der Waals surface area contributed by atoms with Gasteiger partial charge in [-0.1, -0.05) is 26.8 Å². The fraction of sp³-hybridized carbons (Fsp3) is 0.560. The monoisotopic (exact) mass is 472 g/mol. The number of epoxide rings is 1. The van der Waals surface area contributed by atoms with Gasteiger partial charge in [0.25, 0.3) is 0 Å². The smallest absolute Gasteiger partial charge is 0.227 e. The fourth-order valence-electron chi connectivity index (χ4n) is 4.17. The second kappa shape index (κ2) is 9.60. The Hall–Kier alpha value is -2.16. The molecule has 1 aromatic carbocycles. The third-order valence-corrected chi connectivity index (χ3v) is 6.88. The highest BCUT2D eigenvalue weighted by molar-refractivity contribution is 8.02. The second-order valence-corrected chi connectivity index (χ2v) is 11.3. The van der Waals surface area contributed by atoms with Crippen LogP contribution in [0.5, 0.6) is 0 Å². The number of ether oxygens (including phenoxy) is 2. The third-order valence-electron chi connectivity index (χ3n) is 5.96. The summed E-state index contributed by atoms with van der Waals surface area (Å²) in [4.78, 5) is 18.0. The number of nitrogens with one attached hydrogen (secondary N) is 3. The van der Waals surface area contributed by atoms with E-state index in [2.05, 4.69) is 60.9 Å². The summed E-state index contributed by atoms with van der Waals surface area (Å²) in [5.41, 5.74) is 4.22. The molecule has 0 spiro atoms. The van der Waals surface area contributed by atoms with Gasteiger partial charge in [-0.05, 0) is 42.7 Å². The first-order valence-corrected chi connectivity index (χ1v) is 12.5. The number of hydrogen-bond acceptors (Lipinski definition) is 6. The molecule has 1 amide bonds. The van der Waals surface area contributed by atoms with Crippen LogP contribution in [-0.2, 0) is 20.7 Å². The number of hydrogen-bond donors (Lipinski definition) is 3. The maximum Gasteiger partial charge on any atom is 0.227 e. The van der Waals surface area contributed by atoms with Crippen molar-refractivity contribution in [2.24, 2.45) is 5.41 Å². The number of H-pyrrole nitrogens is 1. The molecule has 33 heavy (non-hydrogen) atoms. The molecule has 3 heterocycles. The van der Waals surface area contributed by atoms with Crippen molar-refractivity contribution in [2.75, 3.05) is 31.0 Å². The summed E-state index contributed by atoms with van der Waals surface area (Å²) in [6, 6.07) is 6.20. The topological polar surface area (TPSA) is 81.9 Å². The van der Waals surface area contributed by atoms with Crippen LogP contribution in [0.1, 0.15) is 46.1 Å². The normalized spacial score (nSPS) is 22.2. The molecule has 0 radical (unpaired) electrons. The predicted octanol–water partition coefficient (Wildman–Crippen LogP) is 4.81. The number of thioether (sulfide) groups is 1. The average molecular weight is 473 g/mol. The Morgan fingerprint density at radius 2 is 2.12 bits per heavy atom. The van der Waals surface area contributed by atoms with Gasteiger partial charge in [0.05, 0.1) is 11.1 Å². The molecule has 2 aliphatic heterocycles. The summed E-state index contributed by atoms with van der Waals surface area (Å²) < 4.78 is 11.2. The van der Waals surface area contributed by atoms with Crippen LogP contribution in [0.4, 0.5) is 11.5 Å². The number of carbonyl (C=O) groups is 1. The molecule has 7 nitrogen and oxygen atoms in total. The Bertz CT molecular complexity index is 1040. The molecule has 2 aromatic rings. The molecule has 0 aliphatic carbocycles. The molecule has 3 atom stereocenters. The summed E-state index contributed by atoms with van der Waals surface area (Å²) >= 11 is 1.78. The summed E-state index contributed by atoms with van der Waals surface area (Å²) in [5, 5.41) is 10.7. The zero-order valence-corrected chi connectivity index (χ0v) is 21.3. The lowest BCUT2D eigenvalue weighted by atomic mass is 9.91. The number of anilines is 2. The first kappa shape index (κ1) is 24.0. The van der Waals surface area contributed by atoms with E-state index in [1.165, 1.54) is 5.56 Å². The summed E-state index contributed by atoms with van der Waals surface area (Å²) in [6.45, 7) is 9.11. The molecule has 3 N–H and O–H groups in total. The van der Waals surface area contributed by atoms with Crippen molar-refractivity contribution in [3.05, 3.63) is 34.9 Å². The Kier molecular flexibility index (Phi) is 6.98. The van der Waals surface area contributed by atoms with E-state index in [0.29, 0.717) is 18.4 Å². The van der Waals surface area contributed by atoms with Gasteiger partial charge < -0.3 is 30.0 Å². The maximum absolute atomic E-state index is 12.7. The van der Waals surface area contributed by atoms with Crippen LogP contribution in [0.25, 0.3) is 10.9 Å².